The number of halogens is 1. The van der Waals surface area contributed by atoms with Crippen LogP contribution < -0.4 is 10.7 Å². The fraction of sp³-hybridized carbons (Fsp3) is 0.250. The van der Waals surface area contributed by atoms with Gasteiger partial charge in [0.25, 0.3) is 5.91 Å². The normalized spacial score (nSPS) is 16.7. The van der Waals surface area contributed by atoms with Crippen molar-refractivity contribution < 1.29 is 9.59 Å². The summed E-state index contributed by atoms with van der Waals surface area (Å²) >= 11 is 6.12. The molecule has 2 heterocycles. The number of nitrogens with one attached hydrogen (secondary N) is 2. The summed E-state index contributed by atoms with van der Waals surface area (Å²) in [6.45, 7) is 2.15. The number of hydrogen-bond acceptors (Lipinski definition) is 4. The molecule has 124 valence electrons. The Morgan fingerprint density at radius 1 is 1.38 bits per heavy atom. The molecule has 0 saturated carbocycles. The van der Waals surface area contributed by atoms with Gasteiger partial charge in [0.1, 0.15) is 0 Å². The van der Waals surface area contributed by atoms with Gasteiger partial charge in [-0.3, -0.25) is 9.59 Å². The third-order valence-corrected chi connectivity index (χ3v) is 4.12. The quantitative estimate of drug-likeness (QED) is 0.865. The Balaban J connectivity index is 1.59. The van der Waals surface area contributed by atoms with Crippen LogP contribution in [0.25, 0.3) is 5.69 Å². The van der Waals surface area contributed by atoms with E-state index in [1.807, 2.05) is 18.2 Å². The summed E-state index contributed by atoms with van der Waals surface area (Å²) in [7, 11) is 0. The number of benzene rings is 1. The monoisotopic (exact) mass is 345 g/mol. The molecule has 0 bridgehead atoms. The highest BCUT2D eigenvalue weighted by Gasteiger charge is 2.26. The van der Waals surface area contributed by atoms with E-state index in [0.717, 1.165) is 5.71 Å². The Kier molecular flexibility index (Phi) is 4.61. The molecule has 7 nitrogen and oxygen atoms in total. The van der Waals surface area contributed by atoms with E-state index >= 15 is 0 Å². The van der Waals surface area contributed by atoms with Gasteiger partial charge in [-0.2, -0.15) is 10.2 Å². The van der Waals surface area contributed by atoms with Gasteiger partial charge in [0.05, 0.1) is 16.6 Å². The number of carbonyl (C=O) groups is 2. The molecule has 2 N–H and O–H groups in total. The third kappa shape index (κ3) is 3.30. The van der Waals surface area contributed by atoms with Crippen LogP contribution in [-0.4, -0.2) is 33.9 Å². The van der Waals surface area contributed by atoms with Gasteiger partial charge in [0.2, 0.25) is 5.91 Å². The second-order valence-corrected chi connectivity index (χ2v) is 5.83. The maximum Gasteiger partial charge on any atom is 0.271 e. The Morgan fingerprint density at radius 2 is 2.17 bits per heavy atom. The van der Waals surface area contributed by atoms with Crippen molar-refractivity contribution in [1.29, 1.82) is 0 Å². The molecule has 1 aromatic carbocycles. The second-order valence-electron chi connectivity index (χ2n) is 5.42. The minimum Gasteiger partial charge on any atom is -0.351 e. The number of amides is 2. The fourth-order valence-corrected chi connectivity index (χ4v) is 2.69. The van der Waals surface area contributed by atoms with Gasteiger partial charge in [-0.25, -0.2) is 10.1 Å². The average Bonchev–Trinajstić information content (AvgIpc) is 3.17. The van der Waals surface area contributed by atoms with Crippen molar-refractivity contribution in [2.24, 2.45) is 11.0 Å². The molecule has 0 radical (unpaired) electrons. The largest absolute Gasteiger partial charge is 0.351 e. The molecule has 8 heteroatoms. The van der Waals surface area contributed by atoms with Gasteiger partial charge in [-0.1, -0.05) is 23.7 Å². The SMILES string of the molecule is CC1=NNC(=O)[C@H]1CCNC(=O)c1ccn(-c2ccccc2Cl)n1. The molecule has 0 aliphatic carbocycles. The molecule has 24 heavy (non-hydrogen) atoms. The van der Waals surface area contributed by atoms with Gasteiger partial charge >= 0.3 is 0 Å². The topological polar surface area (TPSA) is 88.4 Å². The zero-order chi connectivity index (χ0) is 17.1. The predicted octanol–water partition coefficient (Wildman–Crippen LogP) is 1.77. The number of para-hydroxylation sites is 1. The van der Waals surface area contributed by atoms with Crippen molar-refractivity contribution in [3.05, 3.63) is 47.2 Å². The molecule has 0 saturated heterocycles. The first-order valence-electron chi connectivity index (χ1n) is 7.49. The fourth-order valence-electron chi connectivity index (χ4n) is 2.47. The number of nitrogens with zero attached hydrogens (tertiary/aromatic N) is 3. The van der Waals surface area contributed by atoms with Crippen LogP contribution in [0.15, 0.2) is 41.6 Å². The lowest BCUT2D eigenvalue weighted by Gasteiger charge is -2.08. The lowest BCUT2D eigenvalue weighted by atomic mass is 10.0. The maximum atomic E-state index is 12.2. The van der Waals surface area contributed by atoms with E-state index in [1.165, 1.54) is 0 Å². The van der Waals surface area contributed by atoms with Crippen molar-refractivity contribution in [2.75, 3.05) is 6.54 Å². The number of carbonyl (C=O) groups excluding carboxylic acids is 2. The molecule has 2 aromatic rings. The average molecular weight is 346 g/mol. The van der Waals surface area contributed by atoms with E-state index in [0.29, 0.717) is 23.7 Å². The van der Waals surface area contributed by atoms with Crippen LogP contribution in [0.5, 0.6) is 0 Å². The number of hydrogen-bond donors (Lipinski definition) is 2. The molecular formula is C16H16ClN5O2. The van der Waals surface area contributed by atoms with Gasteiger partial charge in [0.15, 0.2) is 5.69 Å². The Hall–Kier alpha value is -2.67. The molecule has 0 unspecified atom stereocenters. The zero-order valence-electron chi connectivity index (χ0n) is 13.0. The van der Waals surface area contributed by atoms with Crippen molar-refractivity contribution in [2.45, 2.75) is 13.3 Å². The summed E-state index contributed by atoms with van der Waals surface area (Å²) < 4.78 is 1.55. The van der Waals surface area contributed by atoms with Gasteiger partial charge < -0.3 is 5.32 Å². The van der Waals surface area contributed by atoms with Gasteiger partial charge in [-0.05, 0) is 31.5 Å². The molecule has 1 aliphatic heterocycles. The van der Waals surface area contributed by atoms with Crippen LogP contribution in [-0.2, 0) is 4.79 Å². The van der Waals surface area contributed by atoms with E-state index in [1.54, 1.807) is 29.9 Å². The predicted molar refractivity (Wildman–Crippen MR) is 90.3 cm³/mol. The minimum atomic E-state index is -0.297. The summed E-state index contributed by atoms with van der Waals surface area (Å²) in [4.78, 5) is 23.7. The lowest BCUT2D eigenvalue weighted by Crippen LogP contribution is -2.30. The molecule has 3 rings (SSSR count). The summed E-state index contributed by atoms with van der Waals surface area (Å²) in [5.74, 6) is -0.718. The summed E-state index contributed by atoms with van der Waals surface area (Å²) in [5.41, 5.74) is 4.15. The van der Waals surface area contributed by atoms with E-state index in [-0.39, 0.29) is 23.4 Å². The Bertz CT molecular complexity index is 814. The Morgan fingerprint density at radius 3 is 2.88 bits per heavy atom. The third-order valence-electron chi connectivity index (χ3n) is 3.80. The minimum absolute atomic E-state index is 0.134. The van der Waals surface area contributed by atoms with E-state index in [9.17, 15) is 9.59 Å². The maximum absolute atomic E-state index is 12.2. The van der Waals surface area contributed by atoms with E-state index in [4.69, 9.17) is 11.6 Å². The van der Waals surface area contributed by atoms with Crippen molar-refractivity contribution in [1.82, 2.24) is 20.5 Å². The molecular weight excluding hydrogens is 330 g/mol. The molecule has 1 atom stereocenters. The zero-order valence-corrected chi connectivity index (χ0v) is 13.7. The van der Waals surface area contributed by atoms with E-state index < -0.39 is 0 Å². The summed E-state index contributed by atoms with van der Waals surface area (Å²) in [6, 6.07) is 8.87. The molecule has 0 spiro atoms. The van der Waals surface area contributed by atoms with Crippen LogP contribution in [0.2, 0.25) is 5.02 Å². The summed E-state index contributed by atoms with van der Waals surface area (Å²) in [6.07, 6.45) is 2.18. The highest BCUT2D eigenvalue weighted by Crippen LogP contribution is 2.19. The van der Waals surface area contributed by atoms with Crippen LogP contribution >= 0.6 is 11.6 Å². The lowest BCUT2D eigenvalue weighted by molar-refractivity contribution is -0.122. The number of rotatable bonds is 5. The first-order chi connectivity index (χ1) is 11.6. The first kappa shape index (κ1) is 16.2. The standard InChI is InChI=1S/C16H16ClN5O2/c1-10-11(15(23)20-19-10)6-8-18-16(24)13-7-9-22(21-13)14-5-3-2-4-12(14)17/h2-5,7,9,11H,6,8H2,1H3,(H,18,24)(H,20,23)/t11-/m0/s1. The highest BCUT2D eigenvalue weighted by molar-refractivity contribution is 6.32. The van der Waals surface area contributed by atoms with Crippen LogP contribution in [0.1, 0.15) is 23.8 Å². The smallest absolute Gasteiger partial charge is 0.271 e. The molecule has 1 aliphatic rings. The highest BCUT2D eigenvalue weighted by atomic mass is 35.5. The first-order valence-corrected chi connectivity index (χ1v) is 7.87. The van der Waals surface area contributed by atoms with Crippen molar-refractivity contribution in [3.8, 4) is 5.69 Å². The summed E-state index contributed by atoms with van der Waals surface area (Å²) in [5, 5.41) is 11.4. The number of aromatic nitrogens is 2. The van der Waals surface area contributed by atoms with Gasteiger partial charge in [0, 0.05) is 18.5 Å². The molecule has 1 aromatic heterocycles. The van der Waals surface area contributed by atoms with Crippen molar-refractivity contribution >= 4 is 29.1 Å². The molecule has 2 amide bonds. The van der Waals surface area contributed by atoms with Gasteiger partial charge in [-0.15, -0.1) is 0 Å². The van der Waals surface area contributed by atoms with E-state index in [2.05, 4.69) is 20.9 Å². The second kappa shape index (κ2) is 6.84. The van der Waals surface area contributed by atoms with Crippen LogP contribution in [0.4, 0.5) is 0 Å². The Labute approximate surface area is 143 Å². The molecule has 0 fully saturated rings. The van der Waals surface area contributed by atoms with Crippen molar-refractivity contribution in [3.63, 3.8) is 0 Å². The van der Waals surface area contributed by atoms with Crippen LogP contribution in [0, 0.1) is 5.92 Å². The number of hydrazone groups is 1. The van der Waals surface area contributed by atoms with Crippen LogP contribution in [0.3, 0.4) is 0 Å².